The number of amidine groups is 1. The third-order valence-corrected chi connectivity index (χ3v) is 8.17. The molecule has 5 heteroatoms. The highest BCUT2D eigenvalue weighted by molar-refractivity contribution is 6.11. The van der Waals surface area contributed by atoms with Gasteiger partial charge < -0.3 is 16.0 Å². The Kier molecular flexibility index (Phi) is 9.47. The minimum absolute atomic E-state index is 0.121. The van der Waals surface area contributed by atoms with Crippen LogP contribution >= 0.6 is 0 Å². The van der Waals surface area contributed by atoms with Crippen molar-refractivity contribution in [2.45, 2.75) is 13.5 Å². The van der Waals surface area contributed by atoms with Crippen molar-refractivity contribution in [3.05, 3.63) is 181 Å². The third-order valence-electron chi connectivity index (χ3n) is 8.17. The first-order chi connectivity index (χ1) is 23.1. The molecule has 0 saturated heterocycles. The number of hydrogen-bond donors (Lipinski definition) is 3. The first-order valence-corrected chi connectivity index (χ1v) is 15.6. The predicted octanol–water partition coefficient (Wildman–Crippen LogP) is 9.42. The number of nitrogens with one attached hydrogen (secondary N) is 1. The molecule has 2 aromatic heterocycles. The molecule has 0 aliphatic carbocycles. The number of rotatable bonds is 4. The predicted molar refractivity (Wildman–Crippen MR) is 198 cm³/mol. The maximum atomic E-state index is 7.01. The molecular formula is C42H37N5. The molecule has 0 fully saturated rings. The number of pyridine rings is 1. The van der Waals surface area contributed by atoms with Gasteiger partial charge in [-0.3, -0.25) is 10.4 Å². The molecule has 0 bridgehead atoms. The summed E-state index contributed by atoms with van der Waals surface area (Å²) in [5, 5.41) is 11.8. The monoisotopic (exact) mass is 611 g/mol. The summed E-state index contributed by atoms with van der Waals surface area (Å²) in [6, 6.07) is 51.6. The van der Waals surface area contributed by atoms with E-state index in [4.69, 9.17) is 16.9 Å². The zero-order chi connectivity index (χ0) is 32.6. The van der Waals surface area contributed by atoms with Crippen LogP contribution in [-0.2, 0) is 6.54 Å². The van der Waals surface area contributed by atoms with Gasteiger partial charge in [0, 0.05) is 40.7 Å². The molecule has 47 heavy (non-hydrogen) atoms. The van der Waals surface area contributed by atoms with E-state index in [2.05, 4.69) is 114 Å². The van der Waals surface area contributed by atoms with Crippen LogP contribution in [0.1, 0.15) is 16.7 Å². The lowest BCUT2D eigenvalue weighted by Gasteiger charge is -2.16. The molecule has 0 radical (unpaired) electrons. The van der Waals surface area contributed by atoms with E-state index in [1.165, 1.54) is 49.4 Å². The molecule has 0 aliphatic rings. The second kappa shape index (κ2) is 14.4. The van der Waals surface area contributed by atoms with Gasteiger partial charge >= 0.3 is 0 Å². The number of nitrogens with zero attached hydrogens (tertiary/aromatic N) is 2. The fourth-order valence-electron chi connectivity index (χ4n) is 5.90. The average Bonchev–Trinajstić information content (AvgIpc) is 3.46. The lowest BCUT2D eigenvalue weighted by atomic mass is 9.93. The van der Waals surface area contributed by atoms with Crippen LogP contribution < -0.4 is 11.5 Å². The number of para-hydroxylation sites is 1. The lowest BCUT2D eigenvalue weighted by Crippen LogP contribution is -2.10. The van der Waals surface area contributed by atoms with Crippen LogP contribution in [-0.4, -0.2) is 15.4 Å². The topological polar surface area (TPSA) is 93.7 Å². The Balaban J connectivity index is 0.000000198. The first kappa shape index (κ1) is 31.0. The lowest BCUT2D eigenvalue weighted by molar-refractivity contribution is 1.07. The number of nitrogen functional groups attached to an aromatic ring is 1. The Labute approximate surface area is 275 Å². The fraction of sp³-hybridized carbons (Fsp3) is 0.0476. The van der Waals surface area contributed by atoms with Gasteiger partial charge in [0.1, 0.15) is 5.84 Å². The summed E-state index contributed by atoms with van der Waals surface area (Å²) < 4.78 is 2.35. The Bertz CT molecular complexity index is 2220. The van der Waals surface area contributed by atoms with Crippen molar-refractivity contribution in [2.24, 2.45) is 11.5 Å². The van der Waals surface area contributed by atoms with Gasteiger partial charge in [-0.25, -0.2) is 0 Å². The molecule has 0 amide bonds. The van der Waals surface area contributed by atoms with Gasteiger partial charge in [0.2, 0.25) is 0 Å². The van der Waals surface area contributed by atoms with Crippen molar-refractivity contribution < 1.29 is 0 Å². The van der Waals surface area contributed by atoms with Crippen molar-refractivity contribution in [1.82, 2.24) is 9.55 Å². The Hall–Kier alpha value is -6.04. The SMILES string of the molecule is Cc1ccccc1.N=C(N)c1ccccc1.NCc1ccccc1-c1ccc(-n2c3ccccc3c3cnccc32)c2ccccc12. The van der Waals surface area contributed by atoms with Gasteiger partial charge in [-0.2, -0.15) is 0 Å². The highest BCUT2D eigenvalue weighted by atomic mass is 15.0. The summed E-state index contributed by atoms with van der Waals surface area (Å²) in [4.78, 5) is 4.38. The van der Waals surface area contributed by atoms with Crippen molar-refractivity contribution >= 4 is 38.4 Å². The molecule has 5 nitrogen and oxygen atoms in total. The largest absolute Gasteiger partial charge is 0.384 e. The van der Waals surface area contributed by atoms with Gasteiger partial charge in [0.15, 0.2) is 0 Å². The standard InChI is InChI=1S/C28H21N3.C7H8N2.C7H8/c29-17-19-7-1-2-8-20(19)22-13-14-27(23-10-4-3-9-21(22)23)31-26-12-6-5-11-24(26)25-18-30-16-15-28(25)31;8-7(9)6-4-2-1-3-5-6;1-7-5-3-2-4-6-7/h1-16,18H,17,29H2;1-5H,(H3,8,9);2-6H,1H3. The van der Waals surface area contributed by atoms with E-state index in [1.807, 2.05) is 67.0 Å². The minimum atomic E-state index is 0.121. The molecule has 0 atom stereocenters. The van der Waals surface area contributed by atoms with Gasteiger partial charge in [0.05, 0.1) is 16.7 Å². The minimum Gasteiger partial charge on any atom is -0.384 e. The molecule has 2 heterocycles. The smallest absolute Gasteiger partial charge is 0.122 e. The molecule has 8 aromatic rings. The molecule has 0 spiro atoms. The van der Waals surface area contributed by atoms with E-state index in [-0.39, 0.29) is 5.84 Å². The van der Waals surface area contributed by atoms with Gasteiger partial charge in [-0.15, -0.1) is 0 Å². The van der Waals surface area contributed by atoms with Crippen LogP contribution in [0.3, 0.4) is 0 Å². The molecule has 5 N–H and O–H groups in total. The molecule has 0 saturated carbocycles. The molecule has 230 valence electrons. The number of nitrogens with two attached hydrogens (primary N) is 2. The van der Waals surface area contributed by atoms with Gasteiger partial charge in [0.25, 0.3) is 0 Å². The fourth-order valence-corrected chi connectivity index (χ4v) is 5.90. The second-order valence-corrected chi connectivity index (χ2v) is 11.2. The van der Waals surface area contributed by atoms with Crippen LogP contribution in [0.25, 0.3) is 49.4 Å². The van der Waals surface area contributed by atoms with E-state index < -0.39 is 0 Å². The molecule has 8 rings (SSSR count). The van der Waals surface area contributed by atoms with E-state index >= 15 is 0 Å². The number of benzene rings is 6. The summed E-state index contributed by atoms with van der Waals surface area (Å²) in [7, 11) is 0. The zero-order valence-electron chi connectivity index (χ0n) is 26.3. The maximum Gasteiger partial charge on any atom is 0.122 e. The van der Waals surface area contributed by atoms with Crippen molar-refractivity contribution in [3.63, 3.8) is 0 Å². The Morgan fingerprint density at radius 2 is 1.19 bits per heavy atom. The van der Waals surface area contributed by atoms with Crippen molar-refractivity contribution in [1.29, 1.82) is 5.41 Å². The number of hydrogen-bond acceptors (Lipinski definition) is 3. The quantitative estimate of drug-likeness (QED) is 0.137. The summed E-state index contributed by atoms with van der Waals surface area (Å²) in [5.74, 6) is 0.121. The van der Waals surface area contributed by atoms with Crippen molar-refractivity contribution in [2.75, 3.05) is 0 Å². The summed E-state index contributed by atoms with van der Waals surface area (Å²) in [6.45, 7) is 2.60. The Morgan fingerprint density at radius 1 is 0.596 bits per heavy atom. The Morgan fingerprint density at radius 3 is 1.85 bits per heavy atom. The molecule has 6 aromatic carbocycles. The first-order valence-electron chi connectivity index (χ1n) is 15.6. The van der Waals surface area contributed by atoms with E-state index in [0.717, 1.165) is 16.6 Å². The van der Waals surface area contributed by atoms with Gasteiger partial charge in [-0.05, 0) is 47.2 Å². The van der Waals surface area contributed by atoms with Crippen molar-refractivity contribution in [3.8, 4) is 16.8 Å². The number of aryl methyl sites for hydroxylation is 1. The average molecular weight is 612 g/mol. The molecular weight excluding hydrogens is 574 g/mol. The number of fused-ring (bicyclic) bond motifs is 4. The van der Waals surface area contributed by atoms with Crippen LogP contribution in [0.2, 0.25) is 0 Å². The highest BCUT2D eigenvalue weighted by Crippen LogP contribution is 2.38. The summed E-state index contributed by atoms with van der Waals surface area (Å²) in [6.07, 6.45) is 3.83. The van der Waals surface area contributed by atoms with E-state index in [9.17, 15) is 0 Å². The molecule has 0 aliphatic heterocycles. The second-order valence-electron chi connectivity index (χ2n) is 11.2. The van der Waals surface area contributed by atoms with E-state index in [1.54, 1.807) is 0 Å². The molecule has 0 unspecified atom stereocenters. The van der Waals surface area contributed by atoms with Crippen LogP contribution in [0.4, 0.5) is 0 Å². The third kappa shape index (κ3) is 6.66. The van der Waals surface area contributed by atoms with Crippen LogP contribution in [0.15, 0.2) is 164 Å². The van der Waals surface area contributed by atoms with Gasteiger partial charge in [-0.1, -0.05) is 139 Å². The summed E-state index contributed by atoms with van der Waals surface area (Å²) >= 11 is 0. The highest BCUT2D eigenvalue weighted by Gasteiger charge is 2.16. The normalized spacial score (nSPS) is 10.6. The number of aromatic nitrogens is 2. The summed E-state index contributed by atoms with van der Waals surface area (Å²) in [5.41, 5.74) is 20.4. The maximum absolute atomic E-state index is 7.01. The van der Waals surface area contributed by atoms with Crippen LogP contribution in [0, 0.1) is 12.3 Å². The van der Waals surface area contributed by atoms with Crippen LogP contribution in [0.5, 0.6) is 0 Å². The zero-order valence-corrected chi connectivity index (χ0v) is 26.3. The van der Waals surface area contributed by atoms with E-state index in [0.29, 0.717) is 6.54 Å².